The number of Topliss-reactive ketones (excluding diaryl/α,β-unsaturated/α-hetero) is 1. The molecule has 2 heterocycles. The molecule has 2 aliphatic heterocycles. The summed E-state index contributed by atoms with van der Waals surface area (Å²) in [5.41, 5.74) is 2.83. The summed E-state index contributed by atoms with van der Waals surface area (Å²) in [6.45, 7) is 4.05. The predicted octanol–water partition coefficient (Wildman–Crippen LogP) is 6.56. The third-order valence-electron chi connectivity index (χ3n) is 7.73. The molecule has 4 aromatic rings. The number of benzene rings is 4. The normalized spacial score (nSPS) is 23.6. The average Bonchev–Trinajstić information content (AvgIpc) is 3.48. The number of carbonyl (C=O) groups excluding carboxylic acids is 1. The first-order valence-corrected chi connectivity index (χ1v) is 13.9. The van der Waals surface area contributed by atoms with E-state index in [0.29, 0.717) is 5.56 Å². The average molecular weight is 535 g/mol. The molecule has 0 amide bonds. The van der Waals surface area contributed by atoms with Crippen LogP contribution in [0.1, 0.15) is 47.3 Å². The Kier molecular flexibility index (Phi) is 7.39. The van der Waals surface area contributed by atoms with E-state index in [0.717, 1.165) is 16.7 Å². The minimum atomic E-state index is -0.879. The van der Waals surface area contributed by atoms with E-state index in [9.17, 15) is 4.79 Å². The third-order valence-corrected chi connectivity index (χ3v) is 7.73. The molecule has 5 nitrogen and oxygen atoms in total. The van der Waals surface area contributed by atoms with Crippen molar-refractivity contribution in [3.05, 3.63) is 144 Å². The summed E-state index contributed by atoms with van der Waals surface area (Å²) in [6.07, 6.45) is -1.37. The van der Waals surface area contributed by atoms with E-state index in [1.807, 2.05) is 98.8 Å². The molecule has 204 valence electrons. The number of hydrogen-bond acceptors (Lipinski definition) is 5. The molecule has 0 N–H and O–H groups in total. The van der Waals surface area contributed by atoms with Crippen molar-refractivity contribution >= 4 is 5.78 Å². The molecule has 4 aromatic carbocycles. The fourth-order valence-corrected chi connectivity index (χ4v) is 5.97. The van der Waals surface area contributed by atoms with Gasteiger partial charge < -0.3 is 18.9 Å². The van der Waals surface area contributed by atoms with Gasteiger partial charge in [0, 0.05) is 12.0 Å². The Morgan fingerprint density at radius 1 is 0.675 bits per heavy atom. The Bertz CT molecular complexity index is 1310. The lowest BCUT2D eigenvalue weighted by Gasteiger charge is -2.37. The second kappa shape index (κ2) is 11.1. The molecule has 2 fully saturated rings. The number of ketones is 1. The Labute approximate surface area is 235 Å². The van der Waals surface area contributed by atoms with Crippen LogP contribution in [0.2, 0.25) is 0 Å². The highest BCUT2D eigenvalue weighted by Crippen LogP contribution is 2.44. The molecule has 2 saturated heterocycles. The Morgan fingerprint density at radius 2 is 1.10 bits per heavy atom. The van der Waals surface area contributed by atoms with E-state index in [2.05, 4.69) is 36.4 Å². The SMILES string of the molecule is CC1(C)O[C@@H]2[C@H](O1)[C@@H](COC(c1ccccc1)(c1ccccc1)c1ccccc1)O[C@@H]2CC(=O)c1ccccc1. The molecule has 0 aliphatic carbocycles. The predicted molar refractivity (Wildman–Crippen MR) is 153 cm³/mol. The quantitative estimate of drug-likeness (QED) is 0.180. The lowest BCUT2D eigenvalue weighted by atomic mass is 9.80. The minimum absolute atomic E-state index is 0.0198. The highest BCUT2D eigenvalue weighted by atomic mass is 16.8. The third kappa shape index (κ3) is 5.14. The molecule has 0 saturated carbocycles. The molecule has 0 spiro atoms. The first-order valence-electron chi connectivity index (χ1n) is 13.9. The zero-order chi connectivity index (χ0) is 27.6. The number of ether oxygens (including phenoxy) is 4. The lowest BCUT2D eigenvalue weighted by Crippen LogP contribution is -2.39. The van der Waals surface area contributed by atoms with E-state index >= 15 is 0 Å². The monoisotopic (exact) mass is 534 g/mol. The molecule has 5 heteroatoms. The van der Waals surface area contributed by atoms with Crippen molar-refractivity contribution < 1.29 is 23.7 Å². The van der Waals surface area contributed by atoms with Crippen molar-refractivity contribution in [2.45, 2.75) is 56.1 Å². The zero-order valence-corrected chi connectivity index (χ0v) is 22.8. The van der Waals surface area contributed by atoms with Gasteiger partial charge in [-0.25, -0.2) is 0 Å². The van der Waals surface area contributed by atoms with Gasteiger partial charge in [0.15, 0.2) is 11.6 Å². The lowest BCUT2D eigenvalue weighted by molar-refractivity contribution is -0.194. The number of hydrogen-bond donors (Lipinski definition) is 0. The highest BCUT2D eigenvalue weighted by Gasteiger charge is 2.56. The number of rotatable bonds is 9. The Balaban J connectivity index is 1.33. The summed E-state index contributed by atoms with van der Waals surface area (Å²) in [7, 11) is 0. The van der Waals surface area contributed by atoms with Crippen LogP contribution in [0.3, 0.4) is 0 Å². The summed E-state index contributed by atoms with van der Waals surface area (Å²) in [4.78, 5) is 13.1. The van der Waals surface area contributed by atoms with Gasteiger partial charge in [-0.05, 0) is 30.5 Å². The van der Waals surface area contributed by atoms with Crippen molar-refractivity contribution in [1.29, 1.82) is 0 Å². The smallest absolute Gasteiger partial charge is 0.165 e. The van der Waals surface area contributed by atoms with Gasteiger partial charge in [0.25, 0.3) is 0 Å². The molecule has 2 aliphatic rings. The van der Waals surface area contributed by atoms with E-state index in [-0.39, 0.29) is 31.0 Å². The summed E-state index contributed by atoms with van der Waals surface area (Å²) in [5.74, 6) is -0.757. The van der Waals surface area contributed by atoms with E-state index in [1.54, 1.807) is 0 Å². The molecule has 0 radical (unpaired) electrons. The van der Waals surface area contributed by atoms with Crippen molar-refractivity contribution in [3.63, 3.8) is 0 Å². The fraction of sp³-hybridized carbons (Fsp3) is 0.286. The second-order valence-corrected chi connectivity index (χ2v) is 10.9. The summed E-state index contributed by atoms with van der Waals surface area (Å²) in [5, 5.41) is 0. The first-order chi connectivity index (χ1) is 19.5. The van der Waals surface area contributed by atoms with Crippen molar-refractivity contribution in [2.24, 2.45) is 0 Å². The van der Waals surface area contributed by atoms with Gasteiger partial charge in [-0.1, -0.05) is 121 Å². The largest absolute Gasteiger partial charge is 0.366 e. The van der Waals surface area contributed by atoms with Crippen LogP contribution in [-0.2, 0) is 24.5 Å². The van der Waals surface area contributed by atoms with E-state index in [4.69, 9.17) is 18.9 Å². The minimum Gasteiger partial charge on any atom is -0.366 e. The zero-order valence-electron chi connectivity index (χ0n) is 22.8. The highest BCUT2D eigenvalue weighted by molar-refractivity contribution is 5.96. The van der Waals surface area contributed by atoms with Crippen LogP contribution in [0.15, 0.2) is 121 Å². The molecule has 0 aromatic heterocycles. The van der Waals surface area contributed by atoms with Gasteiger partial charge in [0.1, 0.15) is 23.9 Å². The topological polar surface area (TPSA) is 54.0 Å². The van der Waals surface area contributed by atoms with Gasteiger partial charge in [0.05, 0.1) is 12.7 Å². The molecule has 6 rings (SSSR count). The standard InChI is InChI=1S/C35H34O5/c1-34(2)39-32-30(23-29(36)25-15-7-3-8-16-25)38-31(33(32)40-34)24-37-35(26-17-9-4-10-18-26,27-19-11-5-12-20-27)28-21-13-6-14-22-28/h3-22,30-33H,23-24H2,1-2H3/t30-,31-,32+,33-/m1/s1. The van der Waals surface area contributed by atoms with Gasteiger partial charge in [-0.15, -0.1) is 0 Å². The van der Waals surface area contributed by atoms with Crippen LogP contribution >= 0.6 is 0 Å². The van der Waals surface area contributed by atoms with Crippen LogP contribution in [0.4, 0.5) is 0 Å². The van der Waals surface area contributed by atoms with Crippen LogP contribution < -0.4 is 0 Å². The summed E-state index contributed by atoms with van der Waals surface area (Å²) >= 11 is 0. The van der Waals surface area contributed by atoms with Crippen molar-refractivity contribution in [3.8, 4) is 0 Å². The van der Waals surface area contributed by atoms with Crippen LogP contribution in [0, 0.1) is 0 Å². The first kappa shape index (κ1) is 26.6. The maximum absolute atomic E-state index is 13.1. The van der Waals surface area contributed by atoms with Gasteiger partial charge in [-0.2, -0.15) is 0 Å². The van der Waals surface area contributed by atoms with E-state index < -0.39 is 23.6 Å². The van der Waals surface area contributed by atoms with E-state index in [1.165, 1.54) is 0 Å². The molecule has 40 heavy (non-hydrogen) atoms. The van der Waals surface area contributed by atoms with Crippen LogP contribution in [0.5, 0.6) is 0 Å². The maximum atomic E-state index is 13.1. The molecule has 0 bridgehead atoms. The second-order valence-electron chi connectivity index (χ2n) is 10.9. The fourth-order valence-electron chi connectivity index (χ4n) is 5.97. The number of carbonyl (C=O) groups is 1. The Hall–Kier alpha value is -3.61. The summed E-state index contributed by atoms with van der Waals surface area (Å²) < 4.78 is 26.2. The number of fused-ring (bicyclic) bond motifs is 1. The van der Waals surface area contributed by atoms with Crippen LogP contribution in [0.25, 0.3) is 0 Å². The molecule has 0 unspecified atom stereocenters. The van der Waals surface area contributed by atoms with Crippen molar-refractivity contribution in [1.82, 2.24) is 0 Å². The van der Waals surface area contributed by atoms with Gasteiger partial charge in [-0.3, -0.25) is 4.79 Å². The maximum Gasteiger partial charge on any atom is 0.165 e. The summed E-state index contributed by atoms with van der Waals surface area (Å²) in [6, 6.07) is 40.1. The molecular formula is C35H34O5. The molecular weight excluding hydrogens is 500 g/mol. The van der Waals surface area contributed by atoms with Gasteiger partial charge >= 0.3 is 0 Å². The van der Waals surface area contributed by atoms with Crippen molar-refractivity contribution in [2.75, 3.05) is 6.61 Å². The van der Waals surface area contributed by atoms with Gasteiger partial charge in [0.2, 0.25) is 0 Å². The Morgan fingerprint density at radius 3 is 1.57 bits per heavy atom. The molecule has 4 atom stereocenters. The van der Waals surface area contributed by atoms with Crippen LogP contribution in [-0.4, -0.2) is 42.6 Å².